The van der Waals surface area contributed by atoms with Gasteiger partial charge in [-0.25, -0.2) is 0 Å². The second-order valence-electron chi connectivity index (χ2n) is 2.06. The summed E-state index contributed by atoms with van der Waals surface area (Å²) >= 11 is 0. The lowest BCUT2D eigenvalue weighted by Gasteiger charge is -1.99. The Labute approximate surface area is 71.3 Å². The molecule has 0 atom stereocenters. The molecule has 0 aromatic heterocycles. The topological polar surface area (TPSA) is 0 Å². The fourth-order valence-electron chi connectivity index (χ4n) is 0.704. The van der Waals surface area contributed by atoms with Crippen LogP contribution < -0.4 is 0 Å². The van der Waals surface area contributed by atoms with Crippen molar-refractivity contribution in [2.24, 2.45) is 0 Å². The first-order valence-corrected chi connectivity index (χ1v) is 4.19. The highest BCUT2D eigenvalue weighted by molar-refractivity contribution is 5.28. The molecule has 0 heterocycles. The molecule has 0 heteroatoms. The van der Waals surface area contributed by atoms with E-state index in [0.717, 1.165) is 12.0 Å². The third-order valence-corrected chi connectivity index (χ3v) is 1.25. The Hall–Kier alpha value is -0.780. The largest absolute Gasteiger partial charge is 0.0991 e. The van der Waals surface area contributed by atoms with Gasteiger partial charge in [0.25, 0.3) is 0 Å². The van der Waals surface area contributed by atoms with Gasteiger partial charge in [-0.15, -0.1) is 0 Å². The van der Waals surface area contributed by atoms with Crippen LogP contribution in [0.2, 0.25) is 0 Å². The minimum atomic E-state index is 1.04. The average molecular weight is 152 g/mol. The van der Waals surface area contributed by atoms with Crippen LogP contribution in [0.15, 0.2) is 36.5 Å². The van der Waals surface area contributed by atoms with Gasteiger partial charge < -0.3 is 0 Å². The third kappa shape index (κ3) is 7.11. The zero-order valence-corrected chi connectivity index (χ0v) is 8.28. The van der Waals surface area contributed by atoms with Gasteiger partial charge >= 0.3 is 0 Å². The van der Waals surface area contributed by atoms with Crippen molar-refractivity contribution in [2.45, 2.75) is 34.1 Å². The summed E-state index contributed by atoms with van der Waals surface area (Å²) in [5.74, 6) is 0. The molecule has 0 unspecified atom stereocenters. The Morgan fingerprint density at radius 2 is 1.82 bits per heavy atom. The lowest BCUT2D eigenvalue weighted by molar-refractivity contribution is 1.11. The fourth-order valence-corrected chi connectivity index (χ4v) is 0.704. The standard InChI is InChI=1S/C9H14.C2H6/c1-5-7-9(6-2)8(3)4;1-2/h5,7H,1,3,6H2,2,4H3;1-2H3/b9-7+;. The molecule has 0 spiro atoms. The minimum absolute atomic E-state index is 1.04. The number of hydrogen-bond acceptors (Lipinski definition) is 0. The van der Waals surface area contributed by atoms with Crippen molar-refractivity contribution in [2.75, 3.05) is 0 Å². The number of allylic oxidation sites excluding steroid dienone is 4. The molecule has 0 aliphatic carbocycles. The normalized spacial score (nSPS) is 9.64. The van der Waals surface area contributed by atoms with Gasteiger partial charge in [-0.05, 0) is 18.9 Å². The van der Waals surface area contributed by atoms with Crippen LogP contribution in [-0.2, 0) is 0 Å². The molecule has 64 valence electrons. The van der Waals surface area contributed by atoms with Gasteiger partial charge in [0.05, 0.1) is 0 Å². The maximum atomic E-state index is 3.83. The highest BCUT2D eigenvalue weighted by atomic mass is 14.0. The van der Waals surface area contributed by atoms with Crippen LogP contribution in [0.25, 0.3) is 0 Å². The van der Waals surface area contributed by atoms with Crippen molar-refractivity contribution in [1.82, 2.24) is 0 Å². The van der Waals surface area contributed by atoms with Crippen LogP contribution in [0, 0.1) is 0 Å². The summed E-state index contributed by atoms with van der Waals surface area (Å²) in [5, 5.41) is 0. The molecule has 0 aliphatic heterocycles. The van der Waals surface area contributed by atoms with Crippen molar-refractivity contribution in [3.8, 4) is 0 Å². The molecule has 0 aromatic rings. The van der Waals surface area contributed by atoms with Gasteiger partial charge in [0, 0.05) is 0 Å². The first-order chi connectivity index (χ1) is 5.22. The maximum Gasteiger partial charge on any atom is -0.0305 e. The Kier molecular flexibility index (Phi) is 10.8. The van der Waals surface area contributed by atoms with Crippen molar-refractivity contribution >= 4 is 0 Å². The maximum absolute atomic E-state index is 3.83. The quantitative estimate of drug-likeness (QED) is 0.534. The Morgan fingerprint density at radius 1 is 1.36 bits per heavy atom. The molecule has 0 saturated heterocycles. The lowest BCUT2D eigenvalue weighted by atomic mass is 10.1. The fraction of sp³-hybridized carbons (Fsp3) is 0.455. The molecule has 0 nitrogen and oxygen atoms in total. The highest BCUT2D eigenvalue weighted by Gasteiger charge is 1.89. The van der Waals surface area contributed by atoms with Gasteiger partial charge in [-0.2, -0.15) is 0 Å². The van der Waals surface area contributed by atoms with E-state index in [9.17, 15) is 0 Å². The molecule has 0 amide bonds. The summed E-state index contributed by atoms with van der Waals surface area (Å²) < 4.78 is 0. The average Bonchev–Trinajstić information content (AvgIpc) is 2.03. The van der Waals surface area contributed by atoms with Gasteiger partial charge in [0.1, 0.15) is 0 Å². The molecule has 0 radical (unpaired) electrons. The molecule has 0 aliphatic rings. The highest BCUT2D eigenvalue weighted by Crippen LogP contribution is 2.09. The summed E-state index contributed by atoms with van der Waals surface area (Å²) in [5.41, 5.74) is 2.42. The molecule has 0 rings (SSSR count). The van der Waals surface area contributed by atoms with Gasteiger partial charge in [-0.1, -0.05) is 51.7 Å². The summed E-state index contributed by atoms with van der Waals surface area (Å²) in [4.78, 5) is 0. The van der Waals surface area contributed by atoms with E-state index >= 15 is 0 Å². The number of rotatable bonds is 3. The Balaban J connectivity index is 0. The molecule has 0 N–H and O–H groups in total. The van der Waals surface area contributed by atoms with Crippen molar-refractivity contribution in [1.29, 1.82) is 0 Å². The van der Waals surface area contributed by atoms with E-state index in [4.69, 9.17) is 0 Å². The van der Waals surface area contributed by atoms with Crippen LogP contribution in [0.1, 0.15) is 34.1 Å². The summed E-state index contributed by atoms with van der Waals surface area (Å²) in [6.45, 7) is 15.6. The van der Waals surface area contributed by atoms with Crippen LogP contribution in [0.3, 0.4) is 0 Å². The van der Waals surface area contributed by atoms with E-state index in [-0.39, 0.29) is 0 Å². The first-order valence-electron chi connectivity index (χ1n) is 4.19. The monoisotopic (exact) mass is 152 g/mol. The predicted molar refractivity (Wildman–Crippen MR) is 54.7 cm³/mol. The minimum Gasteiger partial charge on any atom is -0.0991 e. The van der Waals surface area contributed by atoms with E-state index in [1.807, 2.05) is 26.8 Å². The first kappa shape index (κ1) is 12.9. The van der Waals surface area contributed by atoms with Crippen molar-refractivity contribution < 1.29 is 0 Å². The number of hydrogen-bond donors (Lipinski definition) is 0. The van der Waals surface area contributed by atoms with E-state index in [1.165, 1.54) is 5.57 Å². The molecular weight excluding hydrogens is 132 g/mol. The molecule has 11 heavy (non-hydrogen) atoms. The van der Waals surface area contributed by atoms with Crippen molar-refractivity contribution in [3.63, 3.8) is 0 Å². The lowest BCUT2D eigenvalue weighted by Crippen LogP contribution is -1.78. The van der Waals surface area contributed by atoms with Crippen LogP contribution in [0.5, 0.6) is 0 Å². The van der Waals surface area contributed by atoms with E-state index in [1.54, 1.807) is 6.08 Å². The van der Waals surface area contributed by atoms with Gasteiger partial charge in [-0.3, -0.25) is 0 Å². The molecule has 0 saturated carbocycles. The summed E-state index contributed by atoms with van der Waals surface area (Å²) in [6, 6.07) is 0. The Morgan fingerprint density at radius 3 is 1.91 bits per heavy atom. The van der Waals surface area contributed by atoms with E-state index < -0.39 is 0 Å². The second-order valence-corrected chi connectivity index (χ2v) is 2.06. The molecular formula is C11H20. The SMILES string of the molecule is C=C/C=C(\CC)C(=C)C.CC. The van der Waals surface area contributed by atoms with Crippen LogP contribution in [0.4, 0.5) is 0 Å². The molecule has 0 bridgehead atoms. The van der Waals surface area contributed by atoms with Gasteiger partial charge in [0.2, 0.25) is 0 Å². The smallest absolute Gasteiger partial charge is 0.0305 e. The zero-order valence-electron chi connectivity index (χ0n) is 8.28. The van der Waals surface area contributed by atoms with Crippen LogP contribution in [-0.4, -0.2) is 0 Å². The second kappa shape index (κ2) is 9.22. The van der Waals surface area contributed by atoms with Gasteiger partial charge in [0.15, 0.2) is 0 Å². The zero-order chi connectivity index (χ0) is 9.28. The Bertz CT molecular complexity index is 138. The van der Waals surface area contributed by atoms with Crippen molar-refractivity contribution in [3.05, 3.63) is 36.5 Å². The third-order valence-electron chi connectivity index (χ3n) is 1.25. The predicted octanol–water partition coefficient (Wildman–Crippen LogP) is 4.11. The molecule has 0 aromatic carbocycles. The summed E-state index contributed by atoms with van der Waals surface area (Å²) in [7, 11) is 0. The molecule has 0 fully saturated rings. The van der Waals surface area contributed by atoms with E-state index in [2.05, 4.69) is 20.1 Å². The van der Waals surface area contributed by atoms with E-state index in [0.29, 0.717) is 0 Å². The van der Waals surface area contributed by atoms with Crippen LogP contribution >= 0.6 is 0 Å². The summed E-state index contributed by atoms with van der Waals surface area (Å²) in [6.07, 6.45) is 4.84.